The van der Waals surface area contributed by atoms with E-state index in [0.717, 1.165) is 34.3 Å². The largest absolute Gasteiger partial charge is 0.323 e. The van der Waals surface area contributed by atoms with Gasteiger partial charge in [-0.25, -0.2) is 27.2 Å². The van der Waals surface area contributed by atoms with Crippen LogP contribution in [0.2, 0.25) is 5.02 Å². The molecule has 1 aliphatic heterocycles. The molecule has 160 valence electrons. The summed E-state index contributed by atoms with van der Waals surface area (Å²) >= 11 is 6.94. The van der Waals surface area contributed by atoms with Crippen LogP contribution >= 0.6 is 23.4 Å². The molecule has 0 fully saturated rings. The van der Waals surface area contributed by atoms with Crippen LogP contribution < -0.4 is 9.62 Å². The maximum absolute atomic E-state index is 13.7. The molecule has 0 saturated carbocycles. The highest BCUT2D eigenvalue weighted by atomic mass is 35.5. The molecule has 2 aromatic carbocycles. The Hall–Kier alpha value is -2.76. The Morgan fingerprint density at radius 3 is 2.77 bits per heavy atom. The van der Waals surface area contributed by atoms with Crippen molar-refractivity contribution in [3.63, 3.8) is 0 Å². The van der Waals surface area contributed by atoms with Crippen molar-refractivity contribution in [2.45, 2.75) is 10.1 Å². The number of sulfonamides is 1. The molecule has 0 unspecified atom stereocenters. The first kappa shape index (κ1) is 21.5. The normalized spacial score (nSPS) is 14.0. The van der Waals surface area contributed by atoms with Crippen molar-refractivity contribution in [1.82, 2.24) is 9.97 Å². The van der Waals surface area contributed by atoms with Gasteiger partial charge in [-0.3, -0.25) is 9.10 Å². The summed E-state index contributed by atoms with van der Waals surface area (Å²) in [7, 11) is -2.46. The molecule has 4 rings (SSSR count). The molecule has 0 aliphatic carbocycles. The lowest BCUT2D eigenvalue weighted by atomic mass is 10.1. The lowest BCUT2D eigenvalue weighted by Crippen LogP contribution is -2.31. The standard InChI is InChI=1S/C19H13ClF2N4O3S2/c1-26-15-6-10(20)2-4-12(15)18-16(31(26,28)29)8-23-19(25-18)30-9-17(27)24-14-7-11(21)3-5-13(14)22/h2-8H,9H2,1H3,(H,24,27). The zero-order valence-corrected chi connectivity index (χ0v) is 18.2. The van der Waals surface area contributed by atoms with Crippen molar-refractivity contribution in [3.8, 4) is 11.3 Å². The molecule has 31 heavy (non-hydrogen) atoms. The lowest BCUT2D eigenvalue weighted by molar-refractivity contribution is -0.113. The molecule has 7 nitrogen and oxygen atoms in total. The lowest BCUT2D eigenvalue weighted by Gasteiger charge is -2.28. The maximum atomic E-state index is 13.7. The Labute approximate surface area is 185 Å². The Morgan fingerprint density at radius 2 is 2.00 bits per heavy atom. The molecule has 0 spiro atoms. The first-order chi connectivity index (χ1) is 14.7. The zero-order chi connectivity index (χ0) is 22.3. The number of anilines is 2. The van der Waals surface area contributed by atoms with Crippen LogP contribution in [0.4, 0.5) is 20.2 Å². The van der Waals surface area contributed by atoms with Crippen LogP contribution in [-0.2, 0) is 14.8 Å². The van der Waals surface area contributed by atoms with E-state index in [1.807, 2.05) is 0 Å². The minimum absolute atomic E-state index is 0.0690. The Balaban J connectivity index is 1.59. The van der Waals surface area contributed by atoms with E-state index in [1.54, 1.807) is 12.1 Å². The number of halogens is 3. The summed E-state index contributed by atoms with van der Waals surface area (Å²) in [5.41, 5.74) is 0.831. The molecule has 0 radical (unpaired) electrons. The van der Waals surface area contributed by atoms with Gasteiger partial charge in [-0.05, 0) is 30.3 Å². The van der Waals surface area contributed by atoms with Gasteiger partial charge >= 0.3 is 0 Å². The molecule has 1 N–H and O–H groups in total. The van der Waals surface area contributed by atoms with Gasteiger partial charge in [0.1, 0.15) is 16.5 Å². The van der Waals surface area contributed by atoms with Crippen LogP contribution in [0.25, 0.3) is 11.3 Å². The third-order valence-corrected chi connectivity index (χ3v) is 7.33. The number of nitrogens with zero attached hydrogens (tertiary/aromatic N) is 3. The Morgan fingerprint density at radius 1 is 1.23 bits per heavy atom. The number of aromatic nitrogens is 2. The number of amides is 1. The molecule has 0 bridgehead atoms. The number of thioether (sulfide) groups is 1. The topological polar surface area (TPSA) is 92.3 Å². The molecule has 0 saturated heterocycles. The molecule has 1 aromatic heterocycles. The van der Waals surface area contributed by atoms with E-state index >= 15 is 0 Å². The molecular weight excluding hydrogens is 470 g/mol. The smallest absolute Gasteiger partial charge is 0.267 e. The molecule has 1 amide bonds. The second-order valence-corrected chi connectivity index (χ2v) is 9.78. The second kappa shape index (κ2) is 8.06. The van der Waals surface area contributed by atoms with E-state index in [4.69, 9.17) is 11.6 Å². The average Bonchev–Trinajstić information content (AvgIpc) is 2.73. The van der Waals surface area contributed by atoms with E-state index in [-0.39, 0.29) is 27.2 Å². The SMILES string of the molecule is CN1c2cc(Cl)ccc2-c2nc(SCC(=O)Nc3cc(F)ccc3F)ncc2S1(=O)=O. The number of carbonyl (C=O) groups excluding carboxylic acids is 1. The number of benzene rings is 2. The molecule has 2 heterocycles. The van der Waals surface area contributed by atoms with Crippen molar-refractivity contribution < 1.29 is 22.0 Å². The third-order valence-electron chi connectivity index (χ3n) is 4.46. The average molecular weight is 483 g/mol. The monoisotopic (exact) mass is 482 g/mol. The fraction of sp³-hybridized carbons (Fsp3) is 0.105. The van der Waals surface area contributed by atoms with E-state index in [2.05, 4.69) is 15.3 Å². The van der Waals surface area contributed by atoms with Crippen molar-refractivity contribution in [1.29, 1.82) is 0 Å². The van der Waals surface area contributed by atoms with Gasteiger partial charge in [0.05, 0.1) is 29.0 Å². The molecular formula is C19H13ClF2N4O3S2. The number of hydrogen-bond donors (Lipinski definition) is 1. The van der Waals surface area contributed by atoms with E-state index in [1.165, 1.54) is 19.3 Å². The van der Waals surface area contributed by atoms with Gasteiger partial charge in [0.2, 0.25) is 5.91 Å². The predicted octanol–water partition coefficient (Wildman–Crippen LogP) is 3.94. The number of rotatable bonds is 4. The van der Waals surface area contributed by atoms with Gasteiger partial charge in [0.25, 0.3) is 10.0 Å². The summed E-state index contributed by atoms with van der Waals surface area (Å²) in [6.07, 6.45) is 1.18. The van der Waals surface area contributed by atoms with Gasteiger partial charge in [0, 0.05) is 23.7 Å². The quantitative estimate of drug-likeness (QED) is 0.447. The summed E-state index contributed by atoms with van der Waals surface area (Å²) < 4.78 is 53.6. The first-order valence-electron chi connectivity index (χ1n) is 8.70. The van der Waals surface area contributed by atoms with Crippen molar-refractivity contribution in [2.75, 3.05) is 22.4 Å². The van der Waals surface area contributed by atoms with Crippen LogP contribution in [0.3, 0.4) is 0 Å². The highest BCUT2D eigenvalue weighted by molar-refractivity contribution is 7.99. The van der Waals surface area contributed by atoms with Crippen LogP contribution in [-0.4, -0.2) is 37.1 Å². The highest BCUT2D eigenvalue weighted by Crippen LogP contribution is 2.42. The van der Waals surface area contributed by atoms with E-state index in [0.29, 0.717) is 16.3 Å². The van der Waals surface area contributed by atoms with Crippen LogP contribution in [0.5, 0.6) is 0 Å². The van der Waals surface area contributed by atoms with E-state index in [9.17, 15) is 22.0 Å². The first-order valence-corrected chi connectivity index (χ1v) is 11.5. The Kier molecular flexibility index (Phi) is 5.58. The minimum atomic E-state index is -3.86. The van der Waals surface area contributed by atoms with Gasteiger partial charge < -0.3 is 5.32 Å². The van der Waals surface area contributed by atoms with Crippen molar-refractivity contribution in [3.05, 3.63) is 59.3 Å². The predicted molar refractivity (Wildman–Crippen MR) is 114 cm³/mol. The minimum Gasteiger partial charge on any atom is -0.323 e. The summed E-state index contributed by atoms with van der Waals surface area (Å²) in [6.45, 7) is 0. The summed E-state index contributed by atoms with van der Waals surface area (Å²) in [6, 6.07) is 7.52. The summed E-state index contributed by atoms with van der Waals surface area (Å²) in [5, 5.41) is 2.79. The number of hydrogen-bond acceptors (Lipinski definition) is 6. The zero-order valence-electron chi connectivity index (χ0n) is 15.8. The molecule has 1 aliphatic rings. The fourth-order valence-electron chi connectivity index (χ4n) is 2.96. The highest BCUT2D eigenvalue weighted by Gasteiger charge is 2.34. The van der Waals surface area contributed by atoms with Gasteiger partial charge in [-0.15, -0.1) is 0 Å². The number of carbonyl (C=O) groups is 1. The Bertz CT molecular complexity index is 1320. The van der Waals surface area contributed by atoms with E-state index < -0.39 is 27.6 Å². The van der Waals surface area contributed by atoms with Gasteiger partial charge in [-0.2, -0.15) is 0 Å². The van der Waals surface area contributed by atoms with Gasteiger partial charge in [0.15, 0.2) is 5.16 Å². The van der Waals surface area contributed by atoms with Crippen molar-refractivity contribution >= 4 is 50.7 Å². The second-order valence-electron chi connectivity index (χ2n) is 6.46. The van der Waals surface area contributed by atoms with Crippen LogP contribution in [0.1, 0.15) is 0 Å². The van der Waals surface area contributed by atoms with Crippen molar-refractivity contribution in [2.24, 2.45) is 0 Å². The third kappa shape index (κ3) is 4.08. The van der Waals surface area contributed by atoms with Crippen LogP contribution in [0.15, 0.2) is 52.6 Å². The molecule has 0 atom stereocenters. The summed E-state index contributed by atoms with van der Waals surface area (Å²) in [5.74, 6) is -2.26. The number of nitrogens with one attached hydrogen (secondary N) is 1. The summed E-state index contributed by atoms with van der Waals surface area (Å²) in [4.78, 5) is 20.4. The van der Waals surface area contributed by atoms with Gasteiger partial charge in [-0.1, -0.05) is 23.4 Å². The molecule has 12 heteroatoms. The fourth-order valence-corrected chi connectivity index (χ4v) is 5.03. The number of fused-ring (bicyclic) bond motifs is 3. The maximum Gasteiger partial charge on any atom is 0.267 e. The van der Waals surface area contributed by atoms with Crippen LogP contribution in [0, 0.1) is 11.6 Å². The molecule has 3 aromatic rings.